The summed E-state index contributed by atoms with van der Waals surface area (Å²) < 4.78 is 0. The first kappa shape index (κ1) is 16.5. The number of nitrogens with one attached hydrogen (secondary N) is 1. The topological polar surface area (TPSA) is 78.6 Å². The van der Waals surface area contributed by atoms with E-state index in [2.05, 4.69) is 12.2 Å². The van der Waals surface area contributed by atoms with Crippen molar-refractivity contribution >= 4 is 17.3 Å². The predicted molar refractivity (Wildman–Crippen MR) is 82.5 cm³/mol. The summed E-state index contributed by atoms with van der Waals surface area (Å²) in [5.74, 6) is -0.104. The van der Waals surface area contributed by atoms with Crippen molar-refractivity contribution < 1.29 is 9.90 Å². The number of carbonyl (C=O) groups is 1. The molecule has 1 atom stereocenters. The number of carbonyl (C=O) groups excluding carboxylic acids is 1. The van der Waals surface area contributed by atoms with Crippen LogP contribution in [0.25, 0.3) is 0 Å². The quantitative estimate of drug-likeness (QED) is 0.633. The number of aliphatic hydroxyl groups excluding tert-OH is 1. The van der Waals surface area contributed by atoms with Crippen molar-refractivity contribution in [1.29, 1.82) is 0 Å². The van der Waals surface area contributed by atoms with E-state index in [0.717, 1.165) is 19.4 Å². The van der Waals surface area contributed by atoms with Crippen LogP contribution in [0, 0.1) is 0 Å². The van der Waals surface area contributed by atoms with Crippen LogP contribution in [0.4, 0.5) is 11.4 Å². The van der Waals surface area contributed by atoms with E-state index in [9.17, 15) is 4.79 Å². The highest BCUT2D eigenvalue weighted by Crippen LogP contribution is 2.17. The summed E-state index contributed by atoms with van der Waals surface area (Å²) in [6, 6.07) is 6.89. The van der Waals surface area contributed by atoms with Gasteiger partial charge in [0.2, 0.25) is 5.91 Å². The molecule has 0 heterocycles. The van der Waals surface area contributed by atoms with Gasteiger partial charge in [-0.3, -0.25) is 9.69 Å². The van der Waals surface area contributed by atoms with E-state index in [-0.39, 0.29) is 18.6 Å². The van der Waals surface area contributed by atoms with E-state index in [1.165, 1.54) is 0 Å². The van der Waals surface area contributed by atoms with E-state index in [1.54, 1.807) is 12.1 Å². The first-order valence-corrected chi connectivity index (χ1v) is 7.10. The lowest BCUT2D eigenvalue weighted by atomic mass is 10.2. The number of hydrogen-bond acceptors (Lipinski definition) is 4. The standard InChI is InChI=1S/C15H25N3O2/c1-3-4-9-18(10-11-19)12(2)15(20)17-14-8-6-5-7-13(14)16/h5-8,12,19H,3-4,9-11,16H2,1-2H3,(H,17,20). The molecular weight excluding hydrogens is 254 g/mol. The Labute approximate surface area is 120 Å². The summed E-state index contributed by atoms with van der Waals surface area (Å²) in [5, 5.41) is 11.9. The highest BCUT2D eigenvalue weighted by atomic mass is 16.3. The molecule has 112 valence electrons. The molecule has 20 heavy (non-hydrogen) atoms. The van der Waals surface area contributed by atoms with Crippen molar-refractivity contribution in [2.45, 2.75) is 32.7 Å². The number of para-hydroxylation sites is 2. The van der Waals surface area contributed by atoms with Gasteiger partial charge in [-0.25, -0.2) is 0 Å². The molecule has 0 aliphatic rings. The summed E-state index contributed by atoms with van der Waals surface area (Å²) in [5.41, 5.74) is 7.00. The van der Waals surface area contributed by atoms with Gasteiger partial charge in [-0.2, -0.15) is 0 Å². The van der Waals surface area contributed by atoms with Crippen LogP contribution >= 0.6 is 0 Å². The Kier molecular flexibility index (Phi) is 7.04. The number of anilines is 2. The average Bonchev–Trinajstić information content (AvgIpc) is 2.45. The number of benzene rings is 1. The lowest BCUT2D eigenvalue weighted by molar-refractivity contribution is -0.120. The Hall–Kier alpha value is -1.59. The van der Waals surface area contributed by atoms with E-state index in [1.807, 2.05) is 24.0 Å². The van der Waals surface area contributed by atoms with Gasteiger partial charge in [0.1, 0.15) is 0 Å². The van der Waals surface area contributed by atoms with Crippen molar-refractivity contribution in [2.75, 3.05) is 30.7 Å². The van der Waals surface area contributed by atoms with Crippen molar-refractivity contribution in [3.05, 3.63) is 24.3 Å². The minimum absolute atomic E-state index is 0.0504. The zero-order valence-corrected chi connectivity index (χ0v) is 12.3. The molecule has 0 aliphatic heterocycles. The molecule has 1 rings (SSSR count). The molecule has 1 amide bonds. The average molecular weight is 279 g/mol. The molecule has 5 nitrogen and oxygen atoms in total. The van der Waals surface area contributed by atoms with Gasteiger partial charge < -0.3 is 16.2 Å². The molecule has 0 radical (unpaired) electrons. The minimum atomic E-state index is -0.298. The molecule has 0 saturated heterocycles. The number of amides is 1. The number of unbranched alkanes of at least 4 members (excludes halogenated alkanes) is 1. The third kappa shape index (κ3) is 4.83. The zero-order chi connectivity index (χ0) is 15.0. The van der Waals surface area contributed by atoms with Gasteiger partial charge in [0.25, 0.3) is 0 Å². The fourth-order valence-electron chi connectivity index (χ4n) is 2.00. The van der Waals surface area contributed by atoms with Crippen molar-refractivity contribution in [1.82, 2.24) is 4.90 Å². The Morgan fingerprint density at radius 3 is 2.70 bits per heavy atom. The molecule has 0 bridgehead atoms. The molecule has 5 heteroatoms. The van der Waals surface area contributed by atoms with Crippen LogP contribution < -0.4 is 11.1 Å². The molecule has 0 fully saturated rings. The Morgan fingerprint density at radius 1 is 1.40 bits per heavy atom. The Balaban J connectivity index is 2.66. The predicted octanol–water partition coefficient (Wildman–Crippen LogP) is 1.69. The van der Waals surface area contributed by atoms with Crippen LogP contribution in [0.3, 0.4) is 0 Å². The summed E-state index contributed by atoms with van der Waals surface area (Å²) in [6.07, 6.45) is 2.06. The fraction of sp³-hybridized carbons (Fsp3) is 0.533. The van der Waals surface area contributed by atoms with Gasteiger partial charge >= 0.3 is 0 Å². The number of rotatable bonds is 8. The van der Waals surface area contributed by atoms with Gasteiger partial charge in [-0.1, -0.05) is 25.5 Å². The first-order chi connectivity index (χ1) is 9.60. The molecule has 0 saturated carbocycles. The third-order valence-corrected chi connectivity index (χ3v) is 3.33. The van der Waals surface area contributed by atoms with Crippen molar-refractivity contribution in [2.24, 2.45) is 0 Å². The van der Waals surface area contributed by atoms with Gasteiger partial charge in [-0.15, -0.1) is 0 Å². The van der Waals surface area contributed by atoms with Gasteiger partial charge in [0.05, 0.1) is 24.0 Å². The minimum Gasteiger partial charge on any atom is -0.397 e. The second-order valence-electron chi connectivity index (χ2n) is 4.87. The molecule has 0 spiro atoms. The molecule has 1 aromatic carbocycles. The number of aliphatic hydroxyl groups is 1. The number of nitrogens with zero attached hydrogens (tertiary/aromatic N) is 1. The fourth-order valence-corrected chi connectivity index (χ4v) is 2.00. The van der Waals surface area contributed by atoms with E-state index in [0.29, 0.717) is 17.9 Å². The summed E-state index contributed by atoms with van der Waals surface area (Å²) in [4.78, 5) is 14.2. The number of nitrogen functional groups attached to an aromatic ring is 1. The van der Waals surface area contributed by atoms with Gasteiger partial charge in [0, 0.05) is 6.54 Å². The van der Waals surface area contributed by atoms with Gasteiger partial charge in [0.15, 0.2) is 0 Å². The second-order valence-corrected chi connectivity index (χ2v) is 4.87. The molecule has 0 aliphatic carbocycles. The molecule has 0 aromatic heterocycles. The Morgan fingerprint density at radius 2 is 2.10 bits per heavy atom. The lowest BCUT2D eigenvalue weighted by Gasteiger charge is -2.27. The maximum Gasteiger partial charge on any atom is 0.241 e. The van der Waals surface area contributed by atoms with E-state index >= 15 is 0 Å². The molecule has 1 unspecified atom stereocenters. The van der Waals surface area contributed by atoms with Crippen molar-refractivity contribution in [3.63, 3.8) is 0 Å². The van der Waals surface area contributed by atoms with Crippen LogP contribution in [0.1, 0.15) is 26.7 Å². The highest BCUT2D eigenvalue weighted by molar-refractivity contribution is 5.97. The summed E-state index contributed by atoms with van der Waals surface area (Å²) >= 11 is 0. The zero-order valence-electron chi connectivity index (χ0n) is 12.3. The van der Waals surface area contributed by atoms with Crippen LogP contribution in [0.2, 0.25) is 0 Å². The molecule has 4 N–H and O–H groups in total. The van der Waals surface area contributed by atoms with Gasteiger partial charge in [-0.05, 0) is 32.0 Å². The van der Waals surface area contributed by atoms with E-state index < -0.39 is 0 Å². The van der Waals surface area contributed by atoms with Crippen LogP contribution in [0.15, 0.2) is 24.3 Å². The smallest absolute Gasteiger partial charge is 0.241 e. The molecular formula is C15H25N3O2. The number of hydrogen-bond donors (Lipinski definition) is 3. The summed E-state index contributed by atoms with van der Waals surface area (Å²) in [6.45, 7) is 5.30. The van der Waals surface area contributed by atoms with Crippen molar-refractivity contribution in [3.8, 4) is 0 Å². The normalized spacial score (nSPS) is 12.4. The second kappa shape index (κ2) is 8.55. The van der Waals surface area contributed by atoms with Crippen LogP contribution in [-0.4, -0.2) is 41.7 Å². The monoisotopic (exact) mass is 279 g/mol. The number of nitrogens with two attached hydrogens (primary N) is 1. The maximum atomic E-state index is 12.3. The summed E-state index contributed by atoms with van der Waals surface area (Å²) in [7, 11) is 0. The van der Waals surface area contributed by atoms with E-state index in [4.69, 9.17) is 10.8 Å². The Bertz CT molecular complexity index is 423. The maximum absolute atomic E-state index is 12.3. The van der Waals surface area contributed by atoms with Crippen LogP contribution in [-0.2, 0) is 4.79 Å². The SMILES string of the molecule is CCCCN(CCO)C(C)C(=O)Nc1ccccc1N. The lowest BCUT2D eigenvalue weighted by Crippen LogP contribution is -2.44. The largest absolute Gasteiger partial charge is 0.397 e. The molecule has 1 aromatic rings. The first-order valence-electron chi connectivity index (χ1n) is 7.10. The third-order valence-electron chi connectivity index (χ3n) is 3.33. The highest BCUT2D eigenvalue weighted by Gasteiger charge is 2.20. The van der Waals surface area contributed by atoms with Crippen LogP contribution in [0.5, 0.6) is 0 Å².